The van der Waals surface area contributed by atoms with Crippen LogP contribution >= 0.6 is 0 Å². The maximum absolute atomic E-state index is 6.01. The average Bonchev–Trinajstić information content (AvgIpc) is 3.06. The van der Waals surface area contributed by atoms with Gasteiger partial charge in [0, 0.05) is 25.2 Å². The molecule has 3 aromatic rings. The fourth-order valence-corrected chi connectivity index (χ4v) is 2.43. The molecule has 0 spiro atoms. The smallest absolute Gasteiger partial charge is 0.336 e. The normalized spacial score (nSPS) is 12.3. The molecule has 3 rings (SSSR count). The molecule has 0 saturated heterocycles. The number of hydrogen-bond donors (Lipinski definition) is 2. The SMILES string of the molecule is CC[C@H](C)Oc1nc(N)c2ncc(Cc3ccc(OCCNC)nc3)n2n1. The van der Waals surface area contributed by atoms with Gasteiger partial charge in [0.25, 0.3) is 0 Å². The highest BCUT2D eigenvalue weighted by atomic mass is 16.5. The molecule has 0 aliphatic rings. The van der Waals surface area contributed by atoms with E-state index < -0.39 is 0 Å². The van der Waals surface area contributed by atoms with E-state index in [2.05, 4.69) is 25.4 Å². The number of anilines is 1. The molecule has 3 N–H and O–H groups in total. The van der Waals surface area contributed by atoms with Crippen LogP contribution in [0, 0.1) is 0 Å². The Hall–Kier alpha value is -2.94. The number of ether oxygens (including phenoxy) is 2. The number of hydrogen-bond acceptors (Lipinski definition) is 8. The van der Waals surface area contributed by atoms with Crippen LogP contribution in [0.4, 0.5) is 5.82 Å². The van der Waals surface area contributed by atoms with E-state index in [1.54, 1.807) is 16.9 Å². The molecule has 9 heteroatoms. The van der Waals surface area contributed by atoms with Crippen LogP contribution < -0.4 is 20.5 Å². The lowest BCUT2D eigenvalue weighted by Gasteiger charge is -2.11. The van der Waals surface area contributed by atoms with Crippen LogP contribution in [0.25, 0.3) is 5.65 Å². The molecule has 3 heterocycles. The van der Waals surface area contributed by atoms with Crippen molar-refractivity contribution in [2.45, 2.75) is 32.8 Å². The highest BCUT2D eigenvalue weighted by Crippen LogP contribution is 2.18. The van der Waals surface area contributed by atoms with E-state index in [1.165, 1.54) is 0 Å². The van der Waals surface area contributed by atoms with Gasteiger partial charge in [-0.2, -0.15) is 4.98 Å². The lowest BCUT2D eigenvalue weighted by Crippen LogP contribution is -2.16. The van der Waals surface area contributed by atoms with Crippen molar-refractivity contribution in [3.8, 4) is 11.9 Å². The lowest BCUT2D eigenvalue weighted by atomic mass is 10.2. The van der Waals surface area contributed by atoms with Crippen molar-refractivity contribution < 1.29 is 9.47 Å². The fraction of sp³-hybridized carbons (Fsp3) is 0.444. The van der Waals surface area contributed by atoms with E-state index in [0.29, 0.717) is 30.4 Å². The summed E-state index contributed by atoms with van der Waals surface area (Å²) in [6.45, 7) is 5.34. The van der Waals surface area contributed by atoms with Crippen molar-refractivity contribution >= 4 is 11.5 Å². The van der Waals surface area contributed by atoms with Crippen LogP contribution in [0.1, 0.15) is 31.5 Å². The molecular formula is C18H25N7O2. The third-order valence-corrected chi connectivity index (χ3v) is 4.11. The number of nitrogen functional groups attached to an aromatic ring is 1. The zero-order chi connectivity index (χ0) is 19.2. The summed E-state index contributed by atoms with van der Waals surface area (Å²) in [4.78, 5) is 12.8. The van der Waals surface area contributed by atoms with Crippen molar-refractivity contribution in [1.82, 2.24) is 29.9 Å². The summed E-state index contributed by atoms with van der Waals surface area (Å²) in [6.07, 6.45) is 4.99. The molecule has 0 bridgehead atoms. The third-order valence-electron chi connectivity index (χ3n) is 4.11. The molecule has 0 amide bonds. The Kier molecular flexibility index (Phi) is 6.02. The van der Waals surface area contributed by atoms with E-state index in [-0.39, 0.29) is 12.1 Å². The first-order valence-electron chi connectivity index (χ1n) is 8.99. The maximum atomic E-state index is 6.01. The van der Waals surface area contributed by atoms with Crippen LogP contribution in [0.3, 0.4) is 0 Å². The van der Waals surface area contributed by atoms with Gasteiger partial charge in [0.1, 0.15) is 6.61 Å². The summed E-state index contributed by atoms with van der Waals surface area (Å²) in [5, 5.41) is 7.46. The summed E-state index contributed by atoms with van der Waals surface area (Å²) in [5.74, 6) is 0.893. The molecule has 27 heavy (non-hydrogen) atoms. The number of pyridine rings is 1. The Balaban J connectivity index is 1.78. The topological polar surface area (TPSA) is 112 Å². The van der Waals surface area contributed by atoms with E-state index in [4.69, 9.17) is 15.2 Å². The second-order valence-electron chi connectivity index (χ2n) is 6.23. The molecule has 9 nitrogen and oxygen atoms in total. The van der Waals surface area contributed by atoms with Gasteiger partial charge in [-0.3, -0.25) is 0 Å². The van der Waals surface area contributed by atoms with E-state index in [0.717, 1.165) is 24.2 Å². The minimum atomic E-state index is 0.00785. The van der Waals surface area contributed by atoms with E-state index in [1.807, 2.05) is 33.0 Å². The second kappa shape index (κ2) is 8.63. The van der Waals surface area contributed by atoms with Gasteiger partial charge in [0.15, 0.2) is 11.5 Å². The number of nitrogens with two attached hydrogens (primary N) is 1. The number of rotatable bonds is 9. The number of nitrogens with zero attached hydrogens (tertiary/aromatic N) is 5. The van der Waals surface area contributed by atoms with Crippen LogP contribution in [0.2, 0.25) is 0 Å². The number of aromatic nitrogens is 5. The Morgan fingerprint density at radius 2 is 2.11 bits per heavy atom. The molecule has 0 fully saturated rings. The first kappa shape index (κ1) is 18.8. The van der Waals surface area contributed by atoms with Gasteiger partial charge in [-0.25, -0.2) is 14.5 Å². The molecular weight excluding hydrogens is 346 g/mol. The molecule has 0 aliphatic heterocycles. The minimum absolute atomic E-state index is 0.00785. The summed E-state index contributed by atoms with van der Waals surface area (Å²) in [6, 6.07) is 4.08. The number of imidazole rings is 1. The van der Waals surface area contributed by atoms with E-state index in [9.17, 15) is 0 Å². The summed E-state index contributed by atoms with van der Waals surface area (Å²) in [5.41, 5.74) is 8.41. The van der Waals surface area contributed by atoms with Crippen molar-refractivity contribution in [3.63, 3.8) is 0 Å². The Morgan fingerprint density at radius 1 is 1.26 bits per heavy atom. The fourth-order valence-electron chi connectivity index (χ4n) is 2.43. The summed E-state index contributed by atoms with van der Waals surface area (Å²) < 4.78 is 12.9. The molecule has 144 valence electrons. The Bertz CT molecular complexity index is 879. The van der Waals surface area contributed by atoms with Crippen LogP contribution in [-0.4, -0.2) is 50.9 Å². The summed E-state index contributed by atoms with van der Waals surface area (Å²) >= 11 is 0. The highest BCUT2D eigenvalue weighted by molar-refractivity contribution is 5.59. The van der Waals surface area contributed by atoms with E-state index >= 15 is 0 Å². The van der Waals surface area contributed by atoms with Gasteiger partial charge in [0.05, 0.1) is 18.0 Å². The highest BCUT2D eigenvalue weighted by Gasteiger charge is 2.14. The van der Waals surface area contributed by atoms with Crippen molar-refractivity contribution in [3.05, 3.63) is 35.8 Å². The Labute approximate surface area is 157 Å². The molecule has 1 atom stereocenters. The first-order chi connectivity index (χ1) is 13.1. The lowest BCUT2D eigenvalue weighted by molar-refractivity contribution is 0.196. The maximum Gasteiger partial charge on any atom is 0.336 e. The van der Waals surface area contributed by atoms with Gasteiger partial charge >= 0.3 is 6.01 Å². The molecule has 3 aromatic heterocycles. The van der Waals surface area contributed by atoms with Crippen molar-refractivity contribution in [2.75, 3.05) is 25.9 Å². The van der Waals surface area contributed by atoms with Gasteiger partial charge in [-0.05, 0) is 26.0 Å². The van der Waals surface area contributed by atoms with Crippen molar-refractivity contribution in [1.29, 1.82) is 0 Å². The van der Waals surface area contributed by atoms with Crippen molar-refractivity contribution in [2.24, 2.45) is 0 Å². The predicted octanol–water partition coefficient (Wildman–Crippen LogP) is 1.47. The van der Waals surface area contributed by atoms with Gasteiger partial charge in [-0.15, -0.1) is 5.10 Å². The minimum Gasteiger partial charge on any atom is -0.476 e. The monoisotopic (exact) mass is 371 g/mol. The third kappa shape index (κ3) is 4.62. The second-order valence-corrected chi connectivity index (χ2v) is 6.23. The van der Waals surface area contributed by atoms with Crippen LogP contribution in [-0.2, 0) is 6.42 Å². The largest absolute Gasteiger partial charge is 0.476 e. The zero-order valence-electron chi connectivity index (χ0n) is 15.8. The standard InChI is InChI=1S/C18H25N7O2/c1-4-12(2)27-18-23-16(19)17-22-11-14(25(17)24-18)9-13-5-6-15(21-10-13)26-8-7-20-3/h5-6,10-12,20H,4,7-9H2,1-3H3,(H2,19,23,24)/t12-/m0/s1. The molecule has 0 aliphatic carbocycles. The molecule has 0 saturated carbocycles. The first-order valence-corrected chi connectivity index (χ1v) is 8.99. The quantitative estimate of drug-likeness (QED) is 0.544. The number of likely N-dealkylation sites (N-methyl/N-ethyl adjacent to an activating group) is 1. The Morgan fingerprint density at radius 3 is 2.81 bits per heavy atom. The average molecular weight is 371 g/mol. The molecule has 0 aromatic carbocycles. The van der Waals surface area contributed by atoms with Crippen LogP contribution in [0.5, 0.6) is 11.9 Å². The van der Waals surface area contributed by atoms with Gasteiger partial charge in [-0.1, -0.05) is 13.0 Å². The molecule has 0 unspecified atom stereocenters. The number of fused-ring (bicyclic) bond motifs is 1. The van der Waals surface area contributed by atoms with Crippen LogP contribution in [0.15, 0.2) is 24.5 Å². The zero-order valence-corrected chi connectivity index (χ0v) is 15.8. The number of nitrogens with one attached hydrogen (secondary N) is 1. The molecule has 0 radical (unpaired) electrons. The van der Waals surface area contributed by atoms with Gasteiger partial charge < -0.3 is 20.5 Å². The predicted molar refractivity (Wildman–Crippen MR) is 102 cm³/mol. The summed E-state index contributed by atoms with van der Waals surface area (Å²) in [7, 11) is 1.88. The van der Waals surface area contributed by atoms with Gasteiger partial charge in [0.2, 0.25) is 5.88 Å².